The summed E-state index contributed by atoms with van der Waals surface area (Å²) in [4.78, 5) is 8.02. The molecule has 1 heterocycles. The highest BCUT2D eigenvalue weighted by Gasteiger charge is 2.17. The first-order valence-electron chi connectivity index (χ1n) is 5.72. The predicted molar refractivity (Wildman–Crippen MR) is 70.9 cm³/mol. The van der Waals surface area contributed by atoms with E-state index < -0.39 is 0 Å². The zero-order valence-corrected chi connectivity index (χ0v) is 11.6. The minimum atomic E-state index is 0.206. The van der Waals surface area contributed by atoms with Crippen LogP contribution in [-0.4, -0.2) is 36.6 Å². The van der Waals surface area contributed by atoms with E-state index in [9.17, 15) is 0 Å². The number of aryl methyl sites for hydroxylation is 1. The van der Waals surface area contributed by atoms with E-state index in [0.717, 1.165) is 26.1 Å². The lowest BCUT2D eigenvalue weighted by Crippen LogP contribution is -2.37. The minimum absolute atomic E-state index is 0.206. The molecule has 92 valence electrons. The Morgan fingerprint density at radius 2 is 2.19 bits per heavy atom. The van der Waals surface area contributed by atoms with Crippen LogP contribution in [0, 0.1) is 12.3 Å². The van der Waals surface area contributed by atoms with Crippen LogP contribution in [0.4, 0.5) is 0 Å². The first-order valence-corrected chi connectivity index (χ1v) is 6.60. The molecule has 0 radical (unpaired) electrons. The second-order valence-corrected chi connectivity index (χ2v) is 6.16. The molecular formula is C12H23N3S. The lowest BCUT2D eigenvalue weighted by atomic mass is 9.93. The standard InChI is InChI=1S/C12H23N3S/c1-10-11(16-9-14-10)5-6-15(4)8-12(2,3)7-13/h9H,5-8,13H2,1-4H3. The summed E-state index contributed by atoms with van der Waals surface area (Å²) in [5.74, 6) is 0. The van der Waals surface area contributed by atoms with Crippen molar-refractivity contribution in [2.45, 2.75) is 27.2 Å². The number of hydrogen-bond donors (Lipinski definition) is 1. The van der Waals surface area contributed by atoms with Gasteiger partial charge in [-0.05, 0) is 32.4 Å². The Morgan fingerprint density at radius 3 is 2.69 bits per heavy atom. The van der Waals surface area contributed by atoms with Crippen molar-refractivity contribution in [1.29, 1.82) is 0 Å². The first-order chi connectivity index (χ1) is 7.44. The van der Waals surface area contributed by atoms with E-state index >= 15 is 0 Å². The van der Waals surface area contributed by atoms with Crippen LogP contribution in [-0.2, 0) is 6.42 Å². The lowest BCUT2D eigenvalue weighted by Gasteiger charge is -2.28. The summed E-state index contributed by atoms with van der Waals surface area (Å²) >= 11 is 1.75. The molecule has 0 aliphatic carbocycles. The zero-order valence-electron chi connectivity index (χ0n) is 10.8. The van der Waals surface area contributed by atoms with Crippen molar-refractivity contribution in [1.82, 2.24) is 9.88 Å². The predicted octanol–water partition coefficient (Wildman–Crippen LogP) is 1.91. The van der Waals surface area contributed by atoms with Crippen LogP contribution in [0.3, 0.4) is 0 Å². The van der Waals surface area contributed by atoms with Gasteiger partial charge < -0.3 is 10.6 Å². The molecular weight excluding hydrogens is 218 g/mol. The smallest absolute Gasteiger partial charge is 0.0797 e. The monoisotopic (exact) mass is 241 g/mol. The van der Waals surface area contributed by atoms with E-state index in [0.29, 0.717) is 0 Å². The van der Waals surface area contributed by atoms with E-state index in [-0.39, 0.29) is 5.41 Å². The molecule has 0 amide bonds. The van der Waals surface area contributed by atoms with E-state index in [1.807, 2.05) is 5.51 Å². The molecule has 0 spiro atoms. The third-order valence-electron chi connectivity index (χ3n) is 2.82. The molecule has 1 rings (SSSR count). The third kappa shape index (κ3) is 4.20. The van der Waals surface area contributed by atoms with Crippen LogP contribution >= 0.6 is 11.3 Å². The van der Waals surface area contributed by atoms with Gasteiger partial charge in [-0.3, -0.25) is 0 Å². The number of thiazole rings is 1. The van der Waals surface area contributed by atoms with Crippen LogP contribution in [0.1, 0.15) is 24.4 Å². The Hall–Kier alpha value is -0.450. The molecule has 16 heavy (non-hydrogen) atoms. The fraction of sp³-hybridized carbons (Fsp3) is 0.750. The molecule has 4 heteroatoms. The highest BCUT2D eigenvalue weighted by molar-refractivity contribution is 7.09. The molecule has 0 saturated carbocycles. The number of aromatic nitrogens is 1. The number of likely N-dealkylation sites (N-methyl/N-ethyl adjacent to an activating group) is 1. The van der Waals surface area contributed by atoms with Gasteiger partial charge >= 0.3 is 0 Å². The van der Waals surface area contributed by atoms with Crippen molar-refractivity contribution in [2.75, 3.05) is 26.7 Å². The van der Waals surface area contributed by atoms with Crippen molar-refractivity contribution < 1.29 is 0 Å². The third-order valence-corrected chi connectivity index (χ3v) is 3.81. The van der Waals surface area contributed by atoms with Gasteiger partial charge in [0.25, 0.3) is 0 Å². The normalized spacial score (nSPS) is 12.4. The Balaban J connectivity index is 2.36. The Bertz CT molecular complexity index is 320. The molecule has 0 unspecified atom stereocenters. The van der Waals surface area contributed by atoms with E-state index in [1.165, 1.54) is 10.6 Å². The fourth-order valence-electron chi connectivity index (χ4n) is 1.73. The molecule has 1 aromatic heterocycles. The van der Waals surface area contributed by atoms with Crippen molar-refractivity contribution in [3.8, 4) is 0 Å². The molecule has 0 aliphatic heterocycles. The van der Waals surface area contributed by atoms with Gasteiger partial charge in [0, 0.05) is 18.0 Å². The van der Waals surface area contributed by atoms with Gasteiger partial charge in [0.05, 0.1) is 11.2 Å². The van der Waals surface area contributed by atoms with Gasteiger partial charge in [-0.2, -0.15) is 0 Å². The average Bonchev–Trinajstić information content (AvgIpc) is 2.60. The molecule has 0 fully saturated rings. The number of hydrogen-bond acceptors (Lipinski definition) is 4. The topological polar surface area (TPSA) is 42.2 Å². The molecule has 0 atom stereocenters. The summed E-state index contributed by atoms with van der Waals surface area (Å²) in [5, 5.41) is 0. The maximum atomic E-state index is 5.73. The van der Waals surface area contributed by atoms with Crippen LogP contribution < -0.4 is 5.73 Å². The van der Waals surface area contributed by atoms with E-state index in [2.05, 4.69) is 37.7 Å². The summed E-state index contributed by atoms with van der Waals surface area (Å²) in [6.07, 6.45) is 1.09. The lowest BCUT2D eigenvalue weighted by molar-refractivity contribution is 0.218. The van der Waals surface area contributed by atoms with Crippen molar-refractivity contribution >= 4 is 11.3 Å². The highest BCUT2D eigenvalue weighted by Crippen LogP contribution is 2.16. The zero-order chi connectivity index (χ0) is 12.2. The van der Waals surface area contributed by atoms with Gasteiger partial charge in [-0.15, -0.1) is 11.3 Å². The van der Waals surface area contributed by atoms with E-state index in [1.54, 1.807) is 11.3 Å². The Kier molecular flexibility index (Phi) is 4.89. The number of nitrogens with zero attached hydrogens (tertiary/aromatic N) is 2. The maximum absolute atomic E-state index is 5.73. The summed E-state index contributed by atoms with van der Waals surface area (Å²) in [5.41, 5.74) is 9.04. The number of rotatable bonds is 6. The van der Waals surface area contributed by atoms with Crippen LogP contribution in [0.25, 0.3) is 0 Å². The number of nitrogens with two attached hydrogens (primary N) is 1. The average molecular weight is 241 g/mol. The molecule has 3 nitrogen and oxygen atoms in total. The molecule has 0 aliphatic rings. The fourth-order valence-corrected chi connectivity index (χ4v) is 2.50. The SMILES string of the molecule is Cc1ncsc1CCN(C)CC(C)(C)CN. The van der Waals surface area contributed by atoms with Gasteiger partial charge in [0.1, 0.15) is 0 Å². The summed E-state index contributed by atoms with van der Waals surface area (Å²) < 4.78 is 0. The van der Waals surface area contributed by atoms with Crippen LogP contribution in [0.2, 0.25) is 0 Å². The van der Waals surface area contributed by atoms with E-state index in [4.69, 9.17) is 5.73 Å². The van der Waals surface area contributed by atoms with Crippen molar-refractivity contribution in [3.63, 3.8) is 0 Å². The molecule has 0 saturated heterocycles. The van der Waals surface area contributed by atoms with Crippen LogP contribution in [0.5, 0.6) is 0 Å². The van der Waals surface area contributed by atoms with Crippen LogP contribution in [0.15, 0.2) is 5.51 Å². The second kappa shape index (κ2) is 5.75. The van der Waals surface area contributed by atoms with Gasteiger partial charge in [-0.25, -0.2) is 4.98 Å². The molecule has 2 N–H and O–H groups in total. The minimum Gasteiger partial charge on any atom is -0.330 e. The first kappa shape index (κ1) is 13.6. The molecule has 1 aromatic rings. The second-order valence-electron chi connectivity index (χ2n) is 5.22. The summed E-state index contributed by atoms with van der Waals surface area (Å²) in [6, 6.07) is 0. The van der Waals surface area contributed by atoms with Crippen molar-refractivity contribution in [2.24, 2.45) is 11.1 Å². The molecule has 0 aromatic carbocycles. The Morgan fingerprint density at radius 1 is 1.50 bits per heavy atom. The summed E-state index contributed by atoms with van der Waals surface area (Å²) in [6.45, 7) is 9.35. The van der Waals surface area contributed by atoms with Gasteiger partial charge in [0.2, 0.25) is 0 Å². The van der Waals surface area contributed by atoms with Gasteiger partial charge in [0.15, 0.2) is 0 Å². The largest absolute Gasteiger partial charge is 0.330 e. The highest BCUT2D eigenvalue weighted by atomic mass is 32.1. The molecule has 0 bridgehead atoms. The van der Waals surface area contributed by atoms with Gasteiger partial charge in [-0.1, -0.05) is 13.8 Å². The quantitative estimate of drug-likeness (QED) is 0.827. The Labute approximate surface area is 103 Å². The summed E-state index contributed by atoms with van der Waals surface area (Å²) in [7, 11) is 2.16. The maximum Gasteiger partial charge on any atom is 0.0797 e. The van der Waals surface area contributed by atoms with Crippen molar-refractivity contribution in [3.05, 3.63) is 16.1 Å².